The minimum Gasteiger partial charge on any atom is -0.487 e. The lowest BCUT2D eigenvalue weighted by Gasteiger charge is -2.45. The van der Waals surface area contributed by atoms with Crippen molar-refractivity contribution < 1.29 is 9.47 Å². The Balaban J connectivity index is 1.22. The molecule has 75 heavy (non-hydrogen) atoms. The van der Waals surface area contributed by atoms with Crippen molar-refractivity contribution in [2.24, 2.45) is 0 Å². The van der Waals surface area contributed by atoms with E-state index in [1.807, 2.05) is 0 Å². The van der Waals surface area contributed by atoms with Crippen molar-refractivity contribution in [2.45, 2.75) is 132 Å². The van der Waals surface area contributed by atoms with Gasteiger partial charge in [-0.2, -0.15) is 0 Å². The third-order valence-electron chi connectivity index (χ3n) is 15.9. The molecular formula is C70H73BN2O2. The average Bonchev–Trinajstić information content (AvgIpc) is 3.65. The van der Waals surface area contributed by atoms with E-state index < -0.39 is 0 Å². The van der Waals surface area contributed by atoms with Crippen molar-refractivity contribution in [3.05, 3.63) is 185 Å². The zero-order chi connectivity index (χ0) is 53.1. The van der Waals surface area contributed by atoms with Gasteiger partial charge in [-0.15, -0.1) is 0 Å². The first kappa shape index (κ1) is 50.0. The van der Waals surface area contributed by atoms with Gasteiger partial charge >= 0.3 is 0 Å². The largest absolute Gasteiger partial charge is 0.487 e. The standard InChI is InChI=1S/C70H73BN2O2/c1-43-35-60-63-61(36-43)73(64-44(2)37-55(38-45(64)3)70(13,14)15)65-58(31-32-62-66(65)75-34-16-33-74-62)71(63)57-30-23-49(46-17-24-52(25-18-46)67(4,5)6)42-59(57)72(60)56-40-50(47-19-26-53(27-20-47)68(7,8)9)39-51(41-56)48-21-28-54(29-22-48)69(10,11)12/h17-30,35-42H,16,33-34H2,1-15H3. The van der Waals surface area contributed by atoms with Crippen LogP contribution in [0.2, 0.25) is 0 Å². The third-order valence-corrected chi connectivity index (χ3v) is 15.9. The minimum absolute atomic E-state index is 0.0213. The van der Waals surface area contributed by atoms with Crippen LogP contribution in [0.5, 0.6) is 11.5 Å². The van der Waals surface area contributed by atoms with Crippen molar-refractivity contribution in [1.82, 2.24) is 0 Å². The molecule has 11 rings (SSSR count). The summed E-state index contributed by atoms with van der Waals surface area (Å²) < 4.78 is 13.3. The predicted octanol–water partition coefficient (Wildman–Crippen LogP) is 16.6. The van der Waals surface area contributed by atoms with E-state index in [9.17, 15) is 0 Å². The Morgan fingerprint density at radius 1 is 0.427 bits per heavy atom. The van der Waals surface area contributed by atoms with Crippen molar-refractivity contribution in [3.8, 4) is 44.9 Å². The van der Waals surface area contributed by atoms with Crippen molar-refractivity contribution in [1.29, 1.82) is 0 Å². The summed E-state index contributed by atoms with van der Waals surface area (Å²) in [4.78, 5) is 5.07. The number of ether oxygens (including phenoxy) is 2. The highest BCUT2D eigenvalue weighted by Crippen LogP contribution is 2.52. The maximum absolute atomic E-state index is 6.87. The summed E-state index contributed by atoms with van der Waals surface area (Å²) in [6.07, 6.45) is 0.790. The number of nitrogens with zero attached hydrogens (tertiary/aromatic N) is 2. The van der Waals surface area contributed by atoms with E-state index in [0.717, 1.165) is 51.8 Å². The van der Waals surface area contributed by atoms with Gasteiger partial charge in [0.1, 0.15) is 0 Å². The fraction of sp³-hybridized carbons (Fsp3) is 0.314. The van der Waals surface area contributed by atoms with E-state index in [-0.39, 0.29) is 28.4 Å². The van der Waals surface area contributed by atoms with Crippen molar-refractivity contribution in [3.63, 3.8) is 0 Å². The summed E-state index contributed by atoms with van der Waals surface area (Å²) in [5, 5.41) is 0. The first-order valence-corrected chi connectivity index (χ1v) is 27.2. The molecule has 378 valence electrons. The van der Waals surface area contributed by atoms with Crippen LogP contribution in [-0.2, 0) is 21.7 Å². The van der Waals surface area contributed by atoms with E-state index >= 15 is 0 Å². The summed E-state index contributed by atoms with van der Waals surface area (Å²) >= 11 is 0. The quantitative estimate of drug-likeness (QED) is 0.160. The Morgan fingerprint density at radius 2 is 0.893 bits per heavy atom. The monoisotopic (exact) mass is 985 g/mol. The minimum atomic E-state index is -0.189. The molecule has 0 unspecified atom stereocenters. The highest BCUT2D eigenvalue weighted by atomic mass is 16.5. The summed E-state index contributed by atoms with van der Waals surface area (Å²) in [6, 6.07) is 59.0. The number of fused-ring (bicyclic) bond motifs is 6. The molecule has 0 fully saturated rings. The lowest BCUT2D eigenvalue weighted by Crippen LogP contribution is -2.61. The van der Waals surface area contributed by atoms with Crippen LogP contribution in [0.25, 0.3) is 33.4 Å². The van der Waals surface area contributed by atoms with Crippen LogP contribution < -0.4 is 35.7 Å². The number of rotatable bonds is 5. The summed E-state index contributed by atoms with van der Waals surface area (Å²) in [5.74, 6) is 1.36. The lowest BCUT2D eigenvalue weighted by molar-refractivity contribution is 0.297. The van der Waals surface area contributed by atoms with Crippen LogP contribution in [-0.4, -0.2) is 19.9 Å². The molecular weight excluding hydrogens is 912 g/mol. The first-order valence-electron chi connectivity index (χ1n) is 27.2. The highest BCUT2D eigenvalue weighted by molar-refractivity contribution is 7.00. The van der Waals surface area contributed by atoms with Gasteiger partial charge in [0.2, 0.25) is 5.75 Å². The van der Waals surface area contributed by atoms with Gasteiger partial charge in [0.25, 0.3) is 6.71 Å². The Morgan fingerprint density at radius 3 is 1.40 bits per heavy atom. The third kappa shape index (κ3) is 8.99. The lowest BCUT2D eigenvalue weighted by atomic mass is 9.33. The molecule has 0 atom stereocenters. The molecule has 8 aromatic carbocycles. The number of aryl methyl sites for hydroxylation is 3. The molecule has 3 aliphatic rings. The van der Waals surface area contributed by atoms with Gasteiger partial charge in [0.15, 0.2) is 5.75 Å². The smallest absolute Gasteiger partial charge is 0.262 e. The van der Waals surface area contributed by atoms with Crippen LogP contribution in [0.4, 0.5) is 34.1 Å². The van der Waals surface area contributed by atoms with Crippen LogP contribution in [0.3, 0.4) is 0 Å². The van der Waals surface area contributed by atoms with E-state index in [2.05, 4.69) is 259 Å². The van der Waals surface area contributed by atoms with Gasteiger partial charge in [0.05, 0.1) is 24.6 Å². The van der Waals surface area contributed by atoms with Gasteiger partial charge in [-0.25, -0.2) is 0 Å². The van der Waals surface area contributed by atoms with E-state index in [1.54, 1.807) is 0 Å². The Labute approximate surface area is 448 Å². The van der Waals surface area contributed by atoms with Crippen molar-refractivity contribution in [2.75, 3.05) is 23.0 Å². The molecule has 0 aromatic heterocycles. The fourth-order valence-corrected chi connectivity index (χ4v) is 11.6. The second kappa shape index (κ2) is 18.0. The molecule has 0 N–H and O–H groups in total. The molecule has 8 aromatic rings. The Bertz CT molecular complexity index is 3420. The van der Waals surface area contributed by atoms with Crippen LogP contribution in [0.1, 0.15) is 128 Å². The maximum atomic E-state index is 6.87. The van der Waals surface area contributed by atoms with Gasteiger partial charge < -0.3 is 19.3 Å². The first-order chi connectivity index (χ1) is 35.4. The van der Waals surface area contributed by atoms with Crippen LogP contribution >= 0.6 is 0 Å². The van der Waals surface area contributed by atoms with Crippen molar-refractivity contribution >= 4 is 57.2 Å². The molecule has 5 heteroatoms. The molecule has 4 nitrogen and oxygen atoms in total. The summed E-state index contributed by atoms with van der Waals surface area (Å²) in [6.45, 7) is 35.2. The topological polar surface area (TPSA) is 24.9 Å². The number of hydrogen-bond acceptors (Lipinski definition) is 4. The number of hydrogen-bond donors (Lipinski definition) is 0. The van der Waals surface area contributed by atoms with Crippen LogP contribution in [0.15, 0.2) is 133 Å². The highest BCUT2D eigenvalue weighted by Gasteiger charge is 2.46. The van der Waals surface area contributed by atoms with Crippen LogP contribution in [0, 0.1) is 32.9 Å². The van der Waals surface area contributed by atoms with E-state index in [4.69, 9.17) is 9.47 Å². The summed E-state index contributed by atoms with van der Waals surface area (Å²) in [5.41, 5.74) is 26.1. The second-order valence-corrected chi connectivity index (χ2v) is 25.8. The SMILES string of the molecule is Cc1cc2c3c(c1)N(c1c(C)cc(C(C)(C)C)cc1C)c1c(c#cc4c1OCCCO4)B3c1ccc(-c3ccc(C(C)(C)C)cc3)cc1N2c1cc(-c2ccc(C(C)(C)C)cc2)cc(-c2ccc(C(C)(C)C)cc2)c1. The maximum Gasteiger partial charge on any atom is 0.262 e. The Kier molecular flexibility index (Phi) is 12.0. The molecule has 3 heterocycles. The van der Waals surface area contributed by atoms with Gasteiger partial charge in [-0.05, 0) is 168 Å². The summed E-state index contributed by atoms with van der Waals surface area (Å²) in [7, 11) is 0. The van der Waals surface area contributed by atoms with E-state index in [1.165, 1.54) is 83.3 Å². The van der Waals surface area contributed by atoms with Gasteiger partial charge in [0, 0.05) is 34.6 Å². The molecule has 0 amide bonds. The number of anilines is 6. The zero-order valence-corrected chi connectivity index (χ0v) is 47.1. The predicted molar refractivity (Wildman–Crippen MR) is 319 cm³/mol. The molecule has 0 radical (unpaired) electrons. The Hall–Kier alpha value is -7.16. The average molecular weight is 985 g/mol. The van der Waals surface area contributed by atoms with Gasteiger partial charge in [-0.1, -0.05) is 186 Å². The van der Waals surface area contributed by atoms with Gasteiger partial charge in [-0.3, -0.25) is 0 Å². The zero-order valence-electron chi connectivity index (χ0n) is 47.1. The van der Waals surface area contributed by atoms with E-state index in [0.29, 0.717) is 19.0 Å². The normalized spacial score (nSPS) is 14.2. The number of benzene rings is 7. The fourth-order valence-electron chi connectivity index (χ4n) is 11.6. The molecule has 0 saturated carbocycles. The molecule has 0 bridgehead atoms. The molecule has 0 spiro atoms. The second-order valence-electron chi connectivity index (χ2n) is 25.8. The molecule has 0 aliphatic carbocycles. The molecule has 0 saturated heterocycles. The molecule has 3 aliphatic heterocycles.